The number of hydrogen-bond donors (Lipinski definition) is 0. The van der Waals surface area contributed by atoms with Crippen molar-refractivity contribution in [2.75, 3.05) is 20.2 Å². The van der Waals surface area contributed by atoms with Crippen LogP contribution in [0.2, 0.25) is 5.02 Å². The summed E-state index contributed by atoms with van der Waals surface area (Å²) in [4.78, 5) is 27.0. The molecule has 0 N–H and O–H groups in total. The van der Waals surface area contributed by atoms with Crippen LogP contribution in [0.15, 0.2) is 48.5 Å². The Bertz CT molecular complexity index is 954. The van der Waals surface area contributed by atoms with Gasteiger partial charge in [0.05, 0.1) is 25.6 Å². The van der Waals surface area contributed by atoms with E-state index in [0.717, 1.165) is 5.56 Å². The Kier molecular flexibility index (Phi) is 4.85. The lowest BCUT2D eigenvalue weighted by Crippen LogP contribution is -2.45. The Labute approximate surface area is 168 Å². The van der Waals surface area contributed by atoms with Gasteiger partial charge < -0.3 is 14.4 Å². The molecule has 1 saturated heterocycles. The molecule has 28 heavy (non-hydrogen) atoms. The number of Topliss-reactive ketones (excluding diaryl/α,β-unsaturated/α-hetero) is 1. The van der Waals surface area contributed by atoms with Crippen LogP contribution in [0.5, 0.6) is 11.5 Å². The monoisotopic (exact) mass is 397 g/mol. The molecule has 144 valence electrons. The van der Waals surface area contributed by atoms with Crippen molar-refractivity contribution in [2.24, 2.45) is 0 Å². The Hall–Kier alpha value is -2.79. The minimum absolute atomic E-state index is 0.0196. The Morgan fingerprint density at radius 2 is 2.04 bits per heavy atom. The highest BCUT2D eigenvalue weighted by Gasteiger charge is 2.46. The third kappa shape index (κ3) is 3.62. The second kappa shape index (κ2) is 7.32. The Balaban J connectivity index is 1.46. The summed E-state index contributed by atoms with van der Waals surface area (Å²) < 4.78 is 11.4. The molecule has 1 unspecified atom stereocenters. The molecule has 1 fully saturated rings. The number of nitrogens with zero attached hydrogens (tertiary/aromatic N) is 1. The normalized spacial score (nSPS) is 21.1. The van der Waals surface area contributed by atoms with E-state index >= 15 is 0 Å². The molecule has 1 spiro atoms. The highest BCUT2D eigenvalue weighted by molar-refractivity contribution is 6.30. The minimum atomic E-state index is -0.650. The maximum Gasteiger partial charge on any atom is 0.246 e. The highest BCUT2D eigenvalue weighted by Crippen LogP contribution is 2.40. The zero-order valence-corrected chi connectivity index (χ0v) is 16.2. The number of amides is 1. The summed E-state index contributed by atoms with van der Waals surface area (Å²) in [6, 6.07) is 12.5. The molecule has 0 bridgehead atoms. The van der Waals surface area contributed by atoms with E-state index in [1.807, 2.05) is 12.1 Å². The molecule has 1 amide bonds. The summed E-state index contributed by atoms with van der Waals surface area (Å²) in [7, 11) is 1.56. The lowest BCUT2D eigenvalue weighted by molar-refractivity contribution is -0.125. The lowest BCUT2D eigenvalue weighted by atomic mass is 9.89. The molecule has 5 nitrogen and oxygen atoms in total. The third-order valence-corrected chi connectivity index (χ3v) is 5.46. The van der Waals surface area contributed by atoms with Crippen molar-refractivity contribution in [1.29, 1.82) is 0 Å². The summed E-state index contributed by atoms with van der Waals surface area (Å²) in [6.45, 7) is 0.955. The zero-order chi connectivity index (χ0) is 19.7. The number of methoxy groups -OCH3 is 1. The second-order valence-electron chi connectivity index (χ2n) is 7.14. The zero-order valence-electron chi connectivity index (χ0n) is 15.5. The van der Waals surface area contributed by atoms with Gasteiger partial charge in [-0.25, -0.2) is 0 Å². The Morgan fingerprint density at radius 3 is 2.79 bits per heavy atom. The Morgan fingerprint density at radius 1 is 1.25 bits per heavy atom. The van der Waals surface area contributed by atoms with E-state index in [1.54, 1.807) is 54.5 Å². The van der Waals surface area contributed by atoms with Crippen molar-refractivity contribution in [3.05, 3.63) is 64.7 Å². The van der Waals surface area contributed by atoms with Gasteiger partial charge in [0.25, 0.3) is 0 Å². The van der Waals surface area contributed by atoms with Gasteiger partial charge in [0.15, 0.2) is 5.78 Å². The maximum absolute atomic E-state index is 12.7. The van der Waals surface area contributed by atoms with Crippen molar-refractivity contribution in [1.82, 2.24) is 4.90 Å². The molecule has 0 aliphatic carbocycles. The van der Waals surface area contributed by atoms with Crippen LogP contribution in [0.3, 0.4) is 0 Å². The van der Waals surface area contributed by atoms with Crippen molar-refractivity contribution in [3.8, 4) is 11.5 Å². The van der Waals surface area contributed by atoms with Crippen molar-refractivity contribution < 1.29 is 19.1 Å². The van der Waals surface area contributed by atoms with E-state index in [9.17, 15) is 9.59 Å². The van der Waals surface area contributed by atoms with Crippen LogP contribution in [0.4, 0.5) is 0 Å². The number of likely N-dealkylation sites (tertiary alicyclic amines) is 1. The second-order valence-corrected chi connectivity index (χ2v) is 7.58. The van der Waals surface area contributed by atoms with E-state index in [0.29, 0.717) is 41.6 Å². The van der Waals surface area contributed by atoms with E-state index in [-0.39, 0.29) is 18.1 Å². The smallest absolute Gasteiger partial charge is 0.246 e. The first kappa shape index (κ1) is 18.6. The number of hydrogen-bond acceptors (Lipinski definition) is 4. The third-order valence-electron chi connectivity index (χ3n) is 5.21. The van der Waals surface area contributed by atoms with Gasteiger partial charge in [0.1, 0.15) is 17.1 Å². The van der Waals surface area contributed by atoms with Gasteiger partial charge in [-0.05, 0) is 42.0 Å². The average molecular weight is 398 g/mol. The molecule has 2 heterocycles. The van der Waals surface area contributed by atoms with Crippen LogP contribution in [0, 0.1) is 0 Å². The number of fused-ring (bicyclic) bond motifs is 1. The quantitative estimate of drug-likeness (QED) is 0.734. The van der Waals surface area contributed by atoms with E-state index in [4.69, 9.17) is 21.1 Å². The van der Waals surface area contributed by atoms with Crippen LogP contribution < -0.4 is 9.47 Å². The topological polar surface area (TPSA) is 55.8 Å². The summed E-state index contributed by atoms with van der Waals surface area (Å²) in [5.41, 5.74) is 0.790. The summed E-state index contributed by atoms with van der Waals surface area (Å²) in [5.74, 6) is 1.11. The molecule has 4 rings (SSSR count). The summed E-state index contributed by atoms with van der Waals surface area (Å²) in [6.07, 6.45) is 4.20. The van der Waals surface area contributed by atoms with Crippen LogP contribution >= 0.6 is 11.6 Å². The molecule has 1 atom stereocenters. The maximum atomic E-state index is 12.7. The average Bonchev–Trinajstić information content (AvgIpc) is 3.10. The fourth-order valence-corrected chi connectivity index (χ4v) is 3.83. The largest absolute Gasteiger partial charge is 0.497 e. The fraction of sp³-hybridized carbons (Fsp3) is 0.273. The fourth-order valence-electron chi connectivity index (χ4n) is 3.71. The molecule has 0 aromatic heterocycles. The summed E-state index contributed by atoms with van der Waals surface area (Å²) >= 11 is 5.88. The number of ketones is 1. The molecular formula is C22H20ClNO4. The minimum Gasteiger partial charge on any atom is -0.497 e. The molecule has 6 heteroatoms. The number of ether oxygens (including phenoxy) is 2. The molecular weight excluding hydrogens is 378 g/mol. The van der Waals surface area contributed by atoms with Crippen LogP contribution in [0.1, 0.15) is 28.8 Å². The molecule has 2 aromatic carbocycles. The van der Waals surface area contributed by atoms with Crippen LogP contribution in [-0.2, 0) is 4.79 Å². The number of benzene rings is 2. The molecule has 0 saturated carbocycles. The van der Waals surface area contributed by atoms with Gasteiger partial charge in [-0.3, -0.25) is 9.59 Å². The molecule has 2 aliphatic heterocycles. The number of carbonyl (C=O) groups excluding carboxylic acids is 2. The predicted molar refractivity (Wildman–Crippen MR) is 107 cm³/mol. The standard InChI is InChI=1S/C22H20ClNO4/c1-27-17-7-8-20-18(12-17)19(25)13-22(28-20)10-11-24(14-22)21(26)9-4-15-2-5-16(23)6-3-15/h2-9,12H,10-11,13-14H2,1H3/b9-4+. The van der Waals surface area contributed by atoms with Gasteiger partial charge in [-0.15, -0.1) is 0 Å². The van der Waals surface area contributed by atoms with Crippen LogP contribution in [0.25, 0.3) is 6.08 Å². The number of halogens is 1. The first-order valence-corrected chi connectivity index (χ1v) is 9.49. The van der Waals surface area contributed by atoms with Crippen molar-refractivity contribution >= 4 is 29.4 Å². The van der Waals surface area contributed by atoms with E-state index in [1.165, 1.54) is 0 Å². The predicted octanol–water partition coefficient (Wildman–Crippen LogP) is 4.00. The molecule has 2 aromatic rings. The first-order chi connectivity index (χ1) is 13.5. The number of rotatable bonds is 3. The van der Waals surface area contributed by atoms with Gasteiger partial charge in [0, 0.05) is 24.1 Å². The lowest BCUT2D eigenvalue weighted by Gasteiger charge is -2.34. The molecule has 2 aliphatic rings. The highest BCUT2D eigenvalue weighted by atomic mass is 35.5. The first-order valence-electron chi connectivity index (χ1n) is 9.11. The van der Waals surface area contributed by atoms with Gasteiger partial charge in [-0.2, -0.15) is 0 Å². The van der Waals surface area contributed by atoms with Gasteiger partial charge in [0.2, 0.25) is 5.91 Å². The van der Waals surface area contributed by atoms with E-state index in [2.05, 4.69) is 0 Å². The van der Waals surface area contributed by atoms with Gasteiger partial charge in [-0.1, -0.05) is 23.7 Å². The van der Waals surface area contributed by atoms with E-state index < -0.39 is 5.60 Å². The molecule has 0 radical (unpaired) electrons. The van der Waals surface area contributed by atoms with Crippen molar-refractivity contribution in [2.45, 2.75) is 18.4 Å². The SMILES string of the molecule is COc1ccc2c(c1)C(=O)CC1(CCN(C(=O)/C=C/c3ccc(Cl)cc3)C1)O2. The van der Waals surface area contributed by atoms with Crippen molar-refractivity contribution in [3.63, 3.8) is 0 Å². The van der Waals surface area contributed by atoms with Gasteiger partial charge >= 0.3 is 0 Å². The summed E-state index contributed by atoms with van der Waals surface area (Å²) in [5, 5.41) is 0.655. The van der Waals surface area contributed by atoms with Crippen LogP contribution in [-0.4, -0.2) is 42.4 Å². The number of carbonyl (C=O) groups is 2.